The molecular formula is C13H13F6NO. The van der Waals surface area contributed by atoms with Gasteiger partial charge < -0.3 is 10.0 Å². The Kier molecular flexibility index (Phi) is 3.86. The molecule has 0 aliphatic carbocycles. The zero-order valence-corrected chi connectivity index (χ0v) is 10.8. The summed E-state index contributed by atoms with van der Waals surface area (Å²) in [6.07, 6.45) is -9.84. The van der Waals surface area contributed by atoms with Gasteiger partial charge in [-0.2, -0.15) is 26.3 Å². The van der Waals surface area contributed by atoms with E-state index in [-0.39, 0.29) is 0 Å². The van der Waals surface area contributed by atoms with Crippen LogP contribution in [0.25, 0.3) is 0 Å². The average Bonchev–Trinajstić information content (AvgIpc) is 2.89. The molecule has 1 fully saturated rings. The van der Waals surface area contributed by atoms with E-state index in [1.165, 1.54) is 12.1 Å². The zero-order chi connectivity index (χ0) is 15.9. The minimum Gasteiger partial charge on any atom is -0.372 e. The van der Waals surface area contributed by atoms with Gasteiger partial charge in [0.1, 0.15) is 0 Å². The molecule has 1 aliphatic rings. The molecular weight excluding hydrogens is 300 g/mol. The maximum absolute atomic E-state index is 12.7. The first-order chi connectivity index (χ1) is 9.57. The highest BCUT2D eigenvalue weighted by atomic mass is 19.4. The number of halogens is 6. The normalized spacial score (nSPS) is 17.4. The topological polar surface area (TPSA) is 23.5 Å². The van der Waals surface area contributed by atoms with E-state index in [2.05, 4.69) is 0 Å². The molecule has 1 aliphatic heterocycles. The van der Waals surface area contributed by atoms with Crippen LogP contribution in [0.4, 0.5) is 32.0 Å². The average molecular weight is 313 g/mol. The minimum atomic E-state index is -5.85. The predicted molar refractivity (Wildman–Crippen MR) is 63.9 cm³/mol. The van der Waals surface area contributed by atoms with Crippen molar-refractivity contribution in [2.75, 3.05) is 18.0 Å². The zero-order valence-electron chi connectivity index (χ0n) is 10.8. The largest absolute Gasteiger partial charge is 0.430 e. The van der Waals surface area contributed by atoms with E-state index in [0.717, 1.165) is 12.8 Å². The van der Waals surface area contributed by atoms with E-state index in [4.69, 9.17) is 0 Å². The van der Waals surface area contributed by atoms with Crippen molar-refractivity contribution < 1.29 is 31.4 Å². The van der Waals surface area contributed by atoms with E-state index >= 15 is 0 Å². The smallest absolute Gasteiger partial charge is 0.372 e. The first-order valence-corrected chi connectivity index (χ1v) is 6.28. The van der Waals surface area contributed by atoms with Gasteiger partial charge in [0.2, 0.25) is 0 Å². The number of anilines is 1. The van der Waals surface area contributed by atoms with E-state index in [9.17, 15) is 31.4 Å². The Morgan fingerprint density at radius 3 is 1.62 bits per heavy atom. The highest BCUT2D eigenvalue weighted by Crippen LogP contribution is 2.50. The Balaban J connectivity index is 2.38. The van der Waals surface area contributed by atoms with Crippen LogP contribution in [0.15, 0.2) is 24.3 Å². The summed E-state index contributed by atoms with van der Waals surface area (Å²) in [4.78, 5) is 1.87. The number of rotatable bonds is 2. The molecule has 0 spiro atoms. The third-order valence-corrected chi connectivity index (χ3v) is 3.58. The Hall–Kier alpha value is -1.44. The summed E-state index contributed by atoms with van der Waals surface area (Å²) < 4.78 is 76.2. The van der Waals surface area contributed by atoms with Gasteiger partial charge in [0.05, 0.1) is 0 Å². The van der Waals surface area contributed by atoms with E-state index in [1.807, 2.05) is 4.90 Å². The number of aliphatic hydroxyl groups is 1. The Labute approximate surface area is 117 Å². The number of alkyl halides is 6. The van der Waals surface area contributed by atoms with Gasteiger partial charge in [-0.25, -0.2) is 0 Å². The molecule has 1 saturated heterocycles. The quantitative estimate of drug-likeness (QED) is 0.843. The monoisotopic (exact) mass is 313 g/mol. The third kappa shape index (κ3) is 2.68. The van der Waals surface area contributed by atoms with Crippen LogP contribution in [0.3, 0.4) is 0 Å². The lowest BCUT2D eigenvalue weighted by molar-refractivity contribution is -0.376. The van der Waals surface area contributed by atoms with Crippen molar-refractivity contribution in [1.29, 1.82) is 0 Å². The van der Waals surface area contributed by atoms with Gasteiger partial charge in [0.25, 0.3) is 5.60 Å². The van der Waals surface area contributed by atoms with Crippen LogP contribution in [-0.2, 0) is 5.60 Å². The Morgan fingerprint density at radius 2 is 1.24 bits per heavy atom. The minimum absolute atomic E-state index is 0.544. The van der Waals surface area contributed by atoms with Crippen molar-refractivity contribution in [2.45, 2.75) is 30.8 Å². The number of hydrogen-bond acceptors (Lipinski definition) is 2. The van der Waals surface area contributed by atoms with Gasteiger partial charge in [0, 0.05) is 24.3 Å². The molecule has 0 bridgehead atoms. The molecule has 21 heavy (non-hydrogen) atoms. The van der Waals surface area contributed by atoms with Crippen LogP contribution in [0.5, 0.6) is 0 Å². The summed E-state index contributed by atoms with van der Waals surface area (Å²) in [5.41, 5.74) is -5.54. The number of hydrogen-bond donors (Lipinski definition) is 1. The second-order valence-corrected chi connectivity index (χ2v) is 4.95. The van der Waals surface area contributed by atoms with Crippen molar-refractivity contribution in [3.05, 3.63) is 29.8 Å². The fourth-order valence-electron chi connectivity index (χ4n) is 2.38. The standard InChI is InChI=1S/C13H13F6NO/c14-12(15,16)11(21,13(17,18)19)9-3-5-10(6-4-9)20-7-1-2-8-20/h3-6,21H,1-2,7-8H2. The van der Waals surface area contributed by atoms with Crippen molar-refractivity contribution in [1.82, 2.24) is 0 Å². The molecule has 118 valence electrons. The predicted octanol–water partition coefficient (Wildman–Crippen LogP) is 3.60. The molecule has 0 aromatic heterocycles. The highest BCUT2D eigenvalue weighted by molar-refractivity contribution is 5.49. The SMILES string of the molecule is OC(c1ccc(N2CCCC2)cc1)(C(F)(F)F)C(F)(F)F. The molecule has 1 N–H and O–H groups in total. The first-order valence-electron chi connectivity index (χ1n) is 6.28. The molecule has 0 atom stereocenters. The van der Waals surface area contributed by atoms with Crippen LogP contribution >= 0.6 is 0 Å². The molecule has 1 heterocycles. The molecule has 2 nitrogen and oxygen atoms in total. The van der Waals surface area contributed by atoms with E-state index < -0.39 is 23.5 Å². The molecule has 8 heteroatoms. The fourth-order valence-corrected chi connectivity index (χ4v) is 2.38. The molecule has 0 radical (unpaired) electrons. The first kappa shape index (κ1) is 15.9. The van der Waals surface area contributed by atoms with Gasteiger partial charge in [0.15, 0.2) is 0 Å². The van der Waals surface area contributed by atoms with Crippen LogP contribution < -0.4 is 4.90 Å². The molecule has 0 unspecified atom stereocenters. The molecule has 1 aromatic rings. The number of nitrogens with zero attached hydrogens (tertiary/aromatic N) is 1. The van der Waals surface area contributed by atoms with Gasteiger partial charge >= 0.3 is 12.4 Å². The van der Waals surface area contributed by atoms with Crippen LogP contribution in [0, 0.1) is 0 Å². The van der Waals surface area contributed by atoms with Crippen molar-refractivity contribution in [3.8, 4) is 0 Å². The van der Waals surface area contributed by atoms with Gasteiger partial charge in [-0.15, -0.1) is 0 Å². The summed E-state index contributed by atoms with van der Waals surface area (Å²) in [5, 5.41) is 9.25. The second kappa shape index (κ2) is 5.08. The van der Waals surface area contributed by atoms with Crippen LogP contribution in [0.2, 0.25) is 0 Å². The summed E-state index contributed by atoms with van der Waals surface area (Å²) in [7, 11) is 0. The summed E-state index contributed by atoms with van der Waals surface area (Å²) >= 11 is 0. The Morgan fingerprint density at radius 1 is 0.810 bits per heavy atom. The molecule has 0 saturated carbocycles. The maximum atomic E-state index is 12.7. The van der Waals surface area contributed by atoms with Gasteiger partial charge in [-0.3, -0.25) is 0 Å². The lowest BCUT2D eigenvalue weighted by atomic mass is 9.92. The summed E-state index contributed by atoms with van der Waals surface area (Å²) in [6.45, 7) is 1.42. The maximum Gasteiger partial charge on any atom is 0.430 e. The molecule has 2 rings (SSSR count). The highest BCUT2D eigenvalue weighted by Gasteiger charge is 2.71. The fraction of sp³-hybridized carbons (Fsp3) is 0.538. The molecule has 0 amide bonds. The third-order valence-electron chi connectivity index (χ3n) is 3.58. The van der Waals surface area contributed by atoms with Crippen LogP contribution in [0.1, 0.15) is 18.4 Å². The second-order valence-electron chi connectivity index (χ2n) is 4.95. The lowest BCUT2D eigenvalue weighted by Gasteiger charge is -2.33. The van der Waals surface area contributed by atoms with Crippen molar-refractivity contribution in [2.24, 2.45) is 0 Å². The van der Waals surface area contributed by atoms with E-state index in [0.29, 0.717) is 30.9 Å². The summed E-state index contributed by atoms with van der Waals surface area (Å²) in [5.74, 6) is 0. The van der Waals surface area contributed by atoms with Crippen molar-refractivity contribution >= 4 is 5.69 Å². The Bertz CT molecular complexity index is 473. The number of benzene rings is 1. The van der Waals surface area contributed by atoms with Gasteiger partial charge in [-0.05, 0) is 25.0 Å². The van der Waals surface area contributed by atoms with Crippen molar-refractivity contribution in [3.63, 3.8) is 0 Å². The summed E-state index contributed by atoms with van der Waals surface area (Å²) in [6, 6.07) is 3.69. The van der Waals surface area contributed by atoms with E-state index in [1.54, 1.807) is 0 Å². The van der Waals surface area contributed by atoms with Gasteiger partial charge in [-0.1, -0.05) is 12.1 Å². The lowest BCUT2D eigenvalue weighted by Crippen LogP contribution is -2.53. The molecule has 1 aromatic carbocycles. The van der Waals surface area contributed by atoms with Crippen LogP contribution in [-0.4, -0.2) is 30.5 Å².